The molecule has 1 atom stereocenters. The van der Waals surface area contributed by atoms with Crippen molar-refractivity contribution in [2.75, 3.05) is 13.6 Å². The lowest BCUT2D eigenvalue weighted by molar-refractivity contribution is 0.153. The lowest BCUT2D eigenvalue weighted by Gasteiger charge is -2.18. The minimum atomic E-state index is -0.890. The Morgan fingerprint density at radius 1 is 1.75 bits per heavy atom. The highest BCUT2D eigenvalue weighted by molar-refractivity contribution is 9.11. The Kier molecular flexibility index (Phi) is 3.47. The van der Waals surface area contributed by atoms with Gasteiger partial charge in [-0.2, -0.15) is 0 Å². The van der Waals surface area contributed by atoms with E-state index in [2.05, 4.69) is 15.9 Å². The third kappa shape index (κ3) is 2.08. The van der Waals surface area contributed by atoms with Crippen LogP contribution in [0.15, 0.2) is 3.79 Å². The van der Waals surface area contributed by atoms with Gasteiger partial charge in [-0.3, -0.25) is 0 Å². The number of carboxylic acid groups (broad SMARTS) is 1. The average Bonchev–Trinajstić information content (AvgIpc) is 2.71. The number of aryl methyl sites for hydroxylation is 1. The van der Waals surface area contributed by atoms with Crippen LogP contribution in [-0.2, 0) is 6.42 Å². The predicted molar refractivity (Wildman–Crippen MR) is 68.7 cm³/mol. The van der Waals surface area contributed by atoms with Crippen LogP contribution in [0.25, 0.3) is 0 Å². The molecule has 1 heterocycles. The molecule has 1 aromatic rings. The summed E-state index contributed by atoms with van der Waals surface area (Å²) in [6.07, 6.45) is 1.11. The highest BCUT2D eigenvalue weighted by atomic mass is 79.9. The van der Waals surface area contributed by atoms with Crippen LogP contribution in [0.2, 0.25) is 5.02 Å². The summed E-state index contributed by atoms with van der Waals surface area (Å²) in [5.74, 6) is 0.242. The van der Waals surface area contributed by atoms with Crippen molar-refractivity contribution < 1.29 is 9.90 Å². The fraction of sp³-hybridized carbons (Fsp3) is 0.500. The molecule has 0 fully saturated rings. The molecule has 88 valence electrons. The predicted octanol–water partition coefficient (Wildman–Crippen LogP) is 3.80. The van der Waals surface area contributed by atoms with Crippen molar-refractivity contribution in [1.29, 1.82) is 0 Å². The Balaban J connectivity index is 2.20. The molecule has 1 aliphatic rings. The second-order valence-corrected chi connectivity index (χ2v) is 6.73. The summed E-state index contributed by atoms with van der Waals surface area (Å²) in [4.78, 5) is 13.4. The van der Waals surface area contributed by atoms with E-state index in [1.165, 1.54) is 9.78 Å². The van der Waals surface area contributed by atoms with Gasteiger partial charge in [-0.25, -0.2) is 4.79 Å². The first-order valence-electron chi connectivity index (χ1n) is 4.91. The van der Waals surface area contributed by atoms with Crippen molar-refractivity contribution in [2.24, 2.45) is 0 Å². The number of amides is 1. The number of carbonyl (C=O) groups is 1. The van der Waals surface area contributed by atoms with E-state index in [1.54, 1.807) is 18.4 Å². The van der Waals surface area contributed by atoms with Gasteiger partial charge in [0.1, 0.15) is 0 Å². The molecule has 6 heteroatoms. The molecule has 0 saturated heterocycles. The molecule has 1 unspecified atom stereocenters. The van der Waals surface area contributed by atoms with Gasteiger partial charge < -0.3 is 10.0 Å². The summed E-state index contributed by atoms with van der Waals surface area (Å²) in [6, 6.07) is 0. The minimum Gasteiger partial charge on any atom is -0.465 e. The van der Waals surface area contributed by atoms with Crippen LogP contribution in [0.4, 0.5) is 4.79 Å². The quantitative estimate of drug-likeness (QED) is 0.899. The van der Waals surface area contributed by atoms with Gasteiger partial charge in [-0.05, 0) is 34.3 Å². The van der Waals surface area contributed by atoms with Gasteiger partial charge in [0, 0.05) is 24.4 Å². The smallest absolute Gasteiger partial charge is 0.407 e. The van der Waals surface area contributed by atoms with Crippen LogP contribution in [0.1, 0.15) is 22.8 Å². The van der Waals surface area contributed by atoms with Gasteiger partial charge in [-0.15, -0.1) is 11.3 Å². The van der Waals surface area contributed by atoms with E-state index in [1.807, 2.05) is 0 Å². The van der Waals surface area contributed by atoms with Gasteiger partial charge in [0.25, 0.3) is 0 Å². The first-order chi connectivity index (χ1) is 7.50. The summed E-state index contributed by atoms with van der Waals surface area (Å²) < 4.78 is 0.960. The molecule has 0 saturated carbocycles. The van der Waals surface area contributed by atoms with Crippen LogP contribution in [0.5, 0.6) is 0 Å². The van der Waals surface area contributed by atoms with Crippen LogP contribution in [-0.4, -0.2) is 29.7 Å². The summed E-state index contributed by atoms with van der Waals surface area (Å²) in [5.41, 5.74) is 1.15. The van der Waals surface area contributed by atoms with Crippen molar-refractivity contribution >= 4 is 45.0 Å². The Labute approximate surface area is 111 Å². The van der Waals surface area contributed by atoms with E-state index < -0.39 is 6.09 Å². The van der Waals surface area contributed by atoms with Gasteiger partial charge >= 0.3 is 6.09 Å². The van der Waals surface area contributed by atoms with Crippen LogP contribution in [0, 0.1) is 0 Å². The Morgan fingerprint density at radius 2 is 2.44 bits per heavy atom. The number of nitrogens with zero attached hydrogens (tertiary/aromatic N) is 1. The van der Waals surface area contributed by atoms with Gasteiger partial charge in [0.05, 0.1) is 8.81 Å². The summed E-state index contributed by atoms with van der Waals surface area (Å²) in [5, 5.41) is 9.62. The highest BCUT2D eigenvalue weighted by Gasteiger charge is 2.30. The molecule has 0 aliphatic heterocycles. The summed E-state index contributed by atoms with van der Waals surface area (Å²) in [7, 11) is 1.59. The Bertz CT molecular complexity index is 435. The maximum atomic E-state index is 10.8. The molecule has 0 spiro atoms. The maximum Gasteiger partial charge on any atom is 0.407 e. The fourth-order valence-electron chi connectivity index (χ4n) is 2.07. The first-order valence-corrected chi connectivity index (χ1v) is 6.90. The zero-order valence-corrected chi connectivity index (χ0v) is 11.8. The van der Waals surface area contributed by atoms with Crippen LogP contribution >= 0.6 is 38.9 Å². The number of likely N-dealkylation sites (N-methyl/N-ethyl adjacent to an activating group) is 1. The number of hydrogen-bond donors (Lipinski definition) is 1. The topological polar surface area (TPSA) is 40.5 Å². The summed E-state index contributed by atoms with van der Waals surface area (Å²) >= 11 is 11.3. The zero-order valence-electron chi connectivity index (χ0n) is 8.67. The molecule has 0 bridgehead atoms. The molecule has 1 amide bonds. The molecular formula is C10H11BrClNO2S. The number of fused-ring (bicyclic) bond motifs is 1. The standard InChI is InChI=1S/C10H11BrClNO2S/c1-13(10(14)15)4-5-2-3-6-7(5)8(12)9(11)16-6/h5H,2-4H2,1H3,(H,14,15). The average molecular weight is 325 g/mol. The normalized spacial score (nSPS) is 18.6. The lowest BCUT2D eigenvalue weighted by atomic mass is 10.0. The lowest BCUT2D eigenvalue weighted by Crippen LogP contribution is -2.28. The molecule has 0 radical (unpaired) electrons. The van der Waals surface area contributed by atoms with E-state index in [4.69, 9.17) is 16.7 Å². The molecule has 2 rings (SSSR count). The fourth-order valence-corrected chi connectivity index (χ4v) is 4.32. The van der Waals surface area contributed by atoms with E-state index in [-0.39, 0.29) is 5.92 Å². The Hall–Kier alpha value is -0.260. The van der Waals surface area contributed by atoms with Gasteiger partial charge in [0.2, 0.25) is 0 Å². The SMILES string of the molecule is CN(CC1CCc2sc(Br)c(Cl)c21)C(=O)O. The molecule has 1 aromatic heterocycles. The zero-order chi connectivity index (χ0) is 11.9. The van der Waals surface area contributed by atoms with Crippen LogP contribution < -0.4 is 0 Å². The van der Waals surface area contributed by atoms with Gasteiger partial charge in [0.15, 0.2) is 0 Å². The van der Waals surface area contributed by atoms with Gasteiger partial charge in [-0.1, -0.05) is 11.6 Å². The third-order valence-electron chi connectivity index (χ3n) is 2.87. The summed E-state index contributed by atoms with van der Waals surface area (Å²) in [6.45, 7) is 0.519. The molecule has 0 aromatic carbocycles. The van der Waals surface area contributed by atoms with Crippen molar-refractivity contribution in [3.63, 3.8) is 0 Å². The van der Waals surface area contributed by atoms with Crippen molar-refractivity contribution in [1.82, 2.24) is 4.90 Å². The molecule has 3 nitrogen and oxygen atoms in total. The third-order valence-corrected chi connectivity index (χ3v) is 5.54. The second kappa shape index (κ2) is 4.55. The number of halogens is 2. The van der Waals surface area contributed by atoms with Crippen molar-refractivity contribution in [3.05, 3.63) is 19.2 Å². The van der Waals surface area contributed by atoms with E-state index in [0.717, 1.165) is 27.2 Å². The monoisotopic (exact) mass is 323 g/mol. The molecule has 16 heavy (non-hydrogen) atoms. The Morgan fingerprint density at radius 3 is 3.06 bits per heavy atom. The minimum absolute atomic E-state index is 0.242. The van der Waals surface area contributed by atoms with E-state index >= 15 is 0 Å². The molecule has 1 N–H and O–H groups in total. The maximum absolute atomic E-state index is 10.8. The van der Waals surface area contributed by atoms with E-state index in [0.29, 0.717) is 6.54 Å². The second-order valence-electron chi connectivity index (χ2n) is 3.93. The van der Waals surface area contributed by atoms with E-state index in [9.17, 15) is 4.79 Å². The van der Waals surface area contributed by atoms with Crippen LogP contribution in [0.3, 0.4) is 0 Å². The van der Waals surface area contributed by atoms with Crippen molar-refractivity contribution in [3.8, 4) is 0 Å². The molecule has 1 aliphatic carbocycles. The first kappa shape index (κ1) is 12.2. The number of thiophene rings is 1. The highest BCUT2D eigenvalue weighted by Crippen LogP contribution is 2.47. The largest absolute Gasteiger partial charge is 0.465 e. The van der Waals surface area contributed by atoms with Crippen molar-refractivity contribution in [2.45, 2.75) is 18.8 Å². The number of rotatable bonds is 2. The number of hydrogen-bond acceptors (Lipinski definition) is 2. The molecular weight excluding hydrogens is 314 g/mol.